The second-order valence-electron chi connectivity index (χ2n) is 18.8. The van der Waals surface area contributed by atoms with Crippen LogP contribution in [0.2, 0.25) is 0 Å². The van der Waals surface area contributed by atoms with Crippen LogP contribution in [-0.2, 0) is 4.79 Å². The number of rotatable bonds is 50. The van der Waals surface area contributed by atoms with Gasteiger partial charge >= 0.3 is 0 Å². The molecule has 356 valence electrons. The topological polar surface area (TPSA) is 89.8 Å². The average molecular weight is 846 g/mol. The number of amides is 1. The summed E-state index contributed by atoms with van der Waals surface area (Å²) in [5.74, 6) is -0.501. The number of allylic oxidation sites excluding steroid dienone is 3. The molecule has 0 aliphatic carbocycles. The van der Waals surface area contributed by atoms with E-state index in [1.807, 2.05) is 6.08 Å². The molecule has 0 saturated heterocycles. The molecule has 0 aromatic heterocycles. The summed E-state index contributed by atoms with van der Waals surface area (Å²) < 4.78 is 0. The van der Waals surface area contributed by atoms with Crippen LogP contribution in [0.15, 0.2) is 24.3 Å². The molecule has 0 spiro atoms. The first-order valence-electron chi connectivity index (χ1n) is 27.2. The van der Waals surface area contributed by atoms with Crippen LogP contribution in [0.1, 0.15) is 296 Å². The van der Waals surface area contributed by atoms with E-state index in [4.69, 9.17) is 0 Å². The standard InChI is InChI=1S/C55H107NO4/c1-3-5-7-9-11-13-15-17-19-21-23-25-27-28-30-32-34-36-38-40-42-44-46-48-50-54(59)55(60)56-52(51-57)53(58)49-47-45-43-41-39-37-35-33-31-29-26-24-22-20-18-16-14-12-10-8-6-4-2/h28,30,47,49,52-54,57-59H,3-27,29,31-46,48,50-51H2,1-2H3,(H,56,60)/b30-28-,49-47+. The Balaban J connectivity index is 3.59. The molecular weight excluding hydrogens is 739 g/mol. The van der Waals surface area contributed by atoms with Gasteiger partial charge < -0.3 is 20.6 Å². The zero-order valence-corrected chi connectivity index (χ0v) is 40.6. The number of carbonyl (C=O) groups is 1. The van der Waals surface area contributed by atoms with E-state index >= 15 is 0 Å². The van der Waals surface area contributed by atoms with Gasteiger partial charge in [0.2, 0.25) is 5.91 Å². The Morgan fingerprint density at radius 1 is 0.400 bits per heavy atom. The lowest BCUT2D eigenvalue weighted by atomic mass is 10.0. The largest absolute Gasteiger partial charge is 0.394 e. The monoisotopic (exact) mass is 846 g/mol. The molecule has 0 fully saturated rings. The number of nitrogens with one attached hydrogen (secondary N) is 1. The zero-order valence-electron chi connectivity index (χ0n) is 40.6. The van der Waals surface area contributed by atoms with Crippen molar-refractivity contribution < 1.29 is 20.1 Å². The molecular formula is C55H107NO4. The first-order chi connectivity index (χ1) is 29.6. The Morgan fingerprint density at radius 2 is 0.667 bits per heavy atom. The number of aliphatic hydroxyl groups excluding tert-OH is 3. The highest BCUT2D eigenvalue weighted by molar-refractivity contribution is 5.80. The van der Waals surface area contributed by atoms with Crippen molar-refractivity contribution in [2.45, 2.75) is 315 Å². The highest BCUT2D eigenvalue weighted by Crippen LogP contribution is 2.17. The molecule has 0 heterocycles. The summed E-state index contributed by atoms with van der Waals surface area (Å²) in [5.41, 5.74) is 0. The third-order valence-electron chi connectivity index (χ3n) is 12.8. The number of aliphatic hydroxyl groups is 3. The van der Waals surface area contributed by atoms with E-state index in [-0.39, 0.29) is 6.61 Å². The van der Waals surface area contributed by atoms with Crippen LogP contribution in [0.25, 0.3) is 0 Å². The molecule has 1 amide bonds. The van der Waals surface area contributed by atoms with Crippen molar-refractivity contribution in [3.8, 4) is 0 Å². The van der Waals surface area contributed by atoms with E-state index in [0.29, 0.717) is 6.42 Å². The predicted octanol–water partition coefficient (Wildman–Crippen LogP) is 16.5. The van der Waals surface area contributed by atoms with Gasteiger partial charge in [-0.2, -0.15) is 0 Å². The molecule has 0 aromatic rings. The van der Waals surface area contributed by atoms with Gasteiger partial charge in [-0.1, -0.05) is 276 Å². The molecule has 0 aliphatic rings. The Kier molecular flexibility index (Phi) is 49.5. The molecule has 5 heteroatoms. The second-order valence-corrected chi connectivity index (χ2v) is 18.8. The Morgan fingerprint density at radius 3 is 0.967 bits per heavy atom. The summed E-state index contributed by atoms with van der Waals surface area (Å²) in [7, 11) is 0. The Hall–Kier alpha value is -1.17. The highest BCUT2D eigenvalue weighted by Gasteiger charge is 2.22. The first kappa shape index (κ1) is 58.8. The van der Waals surface area contributed by atoms with Gasteiger partial charge in [0.25, 0.3) is 0 Å². The van der Waals surface area contributed by atoms with Crippen LogP contribution >= 0.6 is 0 Å². The van der Waals surface area contributed by atoms with E-state index in [2.05, 4.69) is 31.3 Å². The summed E-state index contributed by atoms with van der Waals surface area (Å²) in [6.07, 6.45) is 63.9. The fourth-order valence-electron chi connectivity index (χ4n) is 8.54. The van der Waals surface area contributed by atoms with Gasteiger partial charge in [-0.25, -0.2) is 0 Å². The third kappa shape index (κ3) is 44.9. The number of unbranched alkanes of at least 4 members (excludes halogenated alkanes) is 40. The van der Waals surface area contributed by atoms with Crippen LogP contribution in [0.4, 0.5) is 0 Å². The molecule has 3 atom stereocenters. The van der Waals surface area contributed by atoms with Gasteiger partial charge in [0.05, 0.1) is 18.8 Å². The molecule has 0 rings (SSSR count). The van der Waals surface area contributed by atoms with Crippen molar-refractivity contribution >= 4 is 5.91 Å². The van der Waals surface area contributed by atoms with E-state index in [9.17, 15) is 20.1 Å². The number of carbonyl (C=O) groups excluding carboxylic acids is 1. The predicted molar refractivity (Wildman–Crippen MR) is 264 cm³/mol. The quantitative estimate of drug-likeness (QED) is 0.0363. The normalized spacial score (nSPS) is 13.5. The van der Waals surface area contributed by atoms with Gasteiger partial charge in [-0.05, 0) is 44.9 Å². The molecule has 5 nitrogen and oxygen atoms in total. The third-order valence-corrected chi connectivity index (χ3v) is 12.8. The average Bonchev–Trinajstić information content (AvgIpc) is 3.25. The van der Waals surface area contributed by atoms with Crippen LogP contribution in [0.5, 0.6) is 0 Å². The lowest BCUT2D eigenvalue weighted by Gasteiger charge is -2.21. The number of hydrogen-bond donors (Lipinski definition) is 4. The maximum Gasteiger partial charge on any atom is 0.249 e. The van der Waals surface area contributed by atoms with Crippen LogP contribution in [-0.4, -0.2) is 46.1 Å². The summed E-state index contributed by atoms with van der Waals surface area (Å²) in [4.78, 5) is 12.5. The van der Waals surface area contributed by atoms with E-state index in [0.717, 1.165) is 32.1 Å². The molecule has 60 heavy (non-hydrogen) atoms. The van der Waals surface area contributed by atoms with Gasteiger partial charge in [-0.15, -0.1) is 0 Å². The molecule has 0 radical (unpaired) electrons. The van der Waals surface area contributed by atoms with E-state index < -0.39 is 24.2 Å². The van der Waals surface area contributed by atoms with Gasteiger partial charge in [-0.3, -0.25) is 4.79 Å². The summed E-state index contributed by atoms with van der Waals surface area (Å²) >= 11 is 0. The van der Waals surface area contributed by atoms with Crippen molar-refractivity contribution in [3.63, 3.8) is 0 Å². The highest BCUT2D eigenvalue weighted by atomic mass is 16.3. The van der Waals surface area contributed by atoms with Gasteiger partial charge in [0, 0.05) is 0 Å². The lowest BCUT2D eigenvalue weighted by molar-refractivity contribution is -0.131. The van der Waals surface area contributed by atoms with Gasteiger partial charge in [0.1, 0.15) is 6.10 Å². The van der Waals surface area contributed by atoms with Crippen molar-refractivity contribution in [2.75, 3.05) is 6.61 Å². The maximum atomic E-state index is 12.5. The Bertz CT molecular complexity index is 890. The van der Waals surface area contributed by atoms with Crippen molar-refractivity contribution in [3.05, 3.63) is 24.3 Å². The minimum Gasteiger partial charge on any atom is -0.394 e. The first-order valence-corrected chi connectivity index (χ1v) is 27.2. The van der Waals surface area contributed by atoms with Crippen molar-refractivity contribution in [1.82, 2.24) is 5.32 Å². The number of hydrogen-bond acceptors (Lipinski definition) is 4. The van der Waals surface area contributed by atoms with Gasteiger partial charge in [0.15, 0.2) is 0 Å². The summed E-state index contributed by atoms with van der Waals surface area (Å²) in [5, 5.41) is 33.3. The van der Waals surface area contributed by atoms with E-state index in [1.54, 1.807) is 6.08 Å². The minimum atomic E-state index is -1.10. The van der Waals surface area contributed by atoms with E-state index in [1.165, 1.54) is 244 Å². The second kappa shape index (κ2) is 50.5. The molecule has 0 bridgehead atoms. The maximum absolute atomic E-state index is 12.5. The summed E-state index contributed by atoms with van der Waals surface area (Å²) in [6.45, 7) is 4.22. The molecule has 0 saturated carbocycles. The van der Waals surface area contributed by atoms with Crippen LogP contribution < -0.4 is 5.32 Å². The molecule has 0 aliphatic heterocycles. The Labute approximate surface area is 375 Å². The fraction of sp³-hybridized carbons (Fsp3) is 0.909. The van der Waals surface area contributed by atoms with Crippen LogP contribution in [0, 0.1) is 0 Å². The molecule has 0 aromatic carbocycles. The van der Waals surface area contributed by atoms with Crippen LogP contribution in [0.3, 0.4) is 0 Å². The fourth-order valence-corrected chi connectivity index (χ4v) is 8.54. The SMILES string of the molecule is CCCCCCCCCCCCCC/C=C\CCCCCCCCCCC(O)C(=O)NC(CO)C(O)/C=C/CCCCCCCCCCCCCCCCCCCCCC. The minimum absolute atomic E-state index is 0.362. The zero-order chi connectivity index (χ0) is 43.7. The molecule has 3 unspecified atom stereocenters. The van der Waals surface area contributed by atoms with Crippen molar-refractivity contribution in [1.29, 1.82) is 0 Å². The van der Waals surface area contributed by atoms with Crippen molar-refractivity contribution in [2.24, 2.45) is 0 Å². The summed E-state index contributed by atoms with van der Waals surface area (Å²) in [6, 6.07) is -0.798. The molecule has 4 N–H and O–H groups in total. The smallest absolute Gasteiger partial charge is 0.249 e. The lowest BCUT2D eigenvalue weighted by Crippen LogP contribution is -2.48.